The van der Waals surface area contributed by atoms with Gasteiger partial charge in [0.15, 0.2) is 0 Å². The van der Waals surface area contributed by atoms with Crippen molar-refractivity contribution in [2.75, 3.05) is 52.6 Å². The molecule has 0 rings (SSSR count). The Labute approximate surface area is 140 Å². The summed E-state index contributed by atoms with van der Waals surface area (Å²) in [5, 5.41) is 29.2. The van der Waals surface area contributed by atoms with Crippen LogP contribution in [0.15, 0.2) is 12.2 Å². The minimum atomic E-state index is -1.11. The molecule has 0 heterocycles. The molecular weight excluding hydrogens is 298 g/mol. The summed E-state index contributed by atoms with van der Waals surface area (Å²) in [5.41, 5.74) is 0. The van der Waals surface area contributed by atoms with Crippen LogP contribution >= 0.6 is 0 Å². The van der Waals surface area contributed by atoms with Crippen molar-refractivity contribution in [3.8, 4) is 0 Å². The van der Waals surface area contributed by atoms with E-state index in [-0.39, 0.29) is 19.6 Å². The molecule has 6 heteroatoms. The SMILES string of the molecule is CC/C=C/CCCCOCC[N+](CCO)(CCO)CCC(=O)[O-]. The molecule has 0 aromatic carbocycles. The van der Waals surface area contributed by atoms with Gasteiger partial charge in [-0.05, 0) is 25.7 Å². The number of rotatable bonds is 16. The summed E-state index contributed by atoms with van der Waals surface area (Å²) in [7, 11) is 0. The zero-order chi connectivity index (χ0) is 17.4. The van der Waals surface area contributed by atoms with Crippen molar-refractivity contribution in [2.24, 2.45) is 0 Å². The number of carboxylic acids is 1. The molecule has 0 atom stereocenters. The third-order valence-electron chi connectivity index (χ3n) is 3.96. The van der Waals surface area contributed by atoms with Crippen LogP contribution < -0.4 is 5.11 Å². The number of carbonyl (C=O) groups is 1. The van der Waals surface area contributed by atoms with Crippen LogP contribution in [0, 0.1) is 0 Å². The van der Waals surface area contributed by atoms with Gasteiger partial charge in [-0.2, -0.15) is 0 Å². The monoisotopic (exact) mass is 331 g/mol. The molecule has 136 valence electrons. The molecule has 23 heavy (non-hydrogen) atoms. The molecule has 0 aliphatic carbocycles. The van der Waals surface area contributed by atoms with E-state index in [0.717, 1.165) is 25.7 Å². The van der Waals surface area contributed by atoms with Crippen molar-refractivity contribution in [1.29, 1.82) is 0 Å². The number of hydrogen-bond acceptors (Lipinski definition) is 5. The highest BCUT2D eigenvalue weighted by molar-refractivity contribution is 5.64. The van der Waals surface area contributed by atoms with Crippen molar-refractivity contribution in [2.45, 2.75) is 39.0 Å². The summed E-state index contributed by atoms with van der Waals surface area (Å²) in [6, 6.07) is 0. The third kappa shape index (κ3) is 12.2. The Hall–Kier alpha value is -0.950. The smallest absolute Gasteiger partial charge is 0.103 e. The molecular formula is C17H33NO5. The lowest BCUT2D eigenvalue weighted by Gasteiger charge is -2.38. The Morgan fingerprint density at radius 1 is 1.04 bits per heavy atom. The molecule has 0 saturated heterocycles. The molecule has 2 N–H and O–H groups in total. The van der Waals surface area contributed by atoms with Crippen molar-refractivity contribution in [3.63, 3.8) is 0 Å². The Morgan fingerprint density at radius 2 is 1.74 bits per heavy atom. The van der Waals surface area contributed by atoms with Gasteiger partial charge in [-0.1, -0.05) is 19.1 Å². The normalized spacial score (nSPS) is 12.1. The van der Waals surface area contributed by atoms with E-state index in [0.29, 0.717) is 43.9 Å². The van der Waals surface area contributed by atoms with E-state index in [1.165, 1.54) is 0 Å². The third-order valence-corrected chi connectivity index (χ3v) is 3.96. The molecule has 0 amide bonds. The van der Waals surface area contributed by atoms with Crippen molar-refractivity contribution >= 4 is 5.97 Å². The van der Waals surface area contributed by atoms with Crippen LogP contribution in [0.4, 0.5) is 0 Å². The fourth-order valence-corrected chi connectivity index (χ4v) is 2.53. The number of hydrogen-bond donors (Lipinski definition) is 2. The number of carbonyl (C=O) groups excluding carboxylic acids is 1. The quantitative estimate of drug-likeness (QED) is 0.237. The fourth-order valence-electron chi connectivity index (χ4n) is 2.53. The van der Waals surface area contributed by atoms with Crippen LogP contribution in [0.25, 0.3) is 0 Å². The Bertz CT molecular complexity index is 314. The number of ether oxygens (including phenoxy) is 1. The summed E-state index contributed by atoms with van der Waals surface area (Å²) in [4.78, 5) is 10.7. The zero-order valence-corrected chi connectivity index (χ0v) is 14.4. The highest BCUT2D eigenvalue weighted by Crippen LogP contribution is 2.08. The van der Waals surface area contributed by atoms with Crippen LogP contribution in [0.2, 0.25) is 0 Å². The highest BCUT2D eigenvalue weighted by atomic mass is 16.5. The first kappa shape index (κ1) is 22.1. The summed E-state index contributed by atoms with van der Waals surface area (Å²) < 4.78 is 5.98. The standard InChI is InChI=1S/C17H33NO5/c1-2-3-4-5-6-7-15-23-16-12-18(10-13-19,11-14-20)9-8-17(21)22/h3-4,19-20H,2,5-16H2,1H3/b4-3+. The molecule has 0 aliphatic heterocycles. The number of aliphatic carboxylic acids is 1. The molecule has 0 aromatic heterocycles. The first-order valence-corrected chi connectivity index (χ1v) is 8.59. The molecule has 0 radical (unpaired) electrons. The van der Waals surface area contributed by atoms with E-state index in [9.17, 15) is 20.1 Å². The molecule has 0 saturated carbocycles. The van der Waals surface area contributed by atoms with E-state index in [2.05, 4.69) is 19.1 Å². The van der Waals surface area contributed by atoms with E-state index in [1.54, 1.807) is 0 Å². The second kappa shape index (κ2) is 14.6. The van der Waals surface area contributed by atoms with Crippen LogP contribution in [0.3, 0.4) is 0 Å². The summed E-state index contributed by atoms with van der Waals surface area (Å²) >= 11 is 0. The van der Waals surface area contributed by atoms with Gasteiger partial charge in [-0.15, -0.1) is 0 Å². The molecule has 6 nitrogen and oxygen atoms in total. The lowest BCUT2D eigenvalue weighted by molar-refractivity contribution is -0.928. The van der Waals surface area contributed by atoms with Gasteiger partial charge in [0.1, 0.15) is 19.6 Å². The predicted octanol–water partition coefficient (Wildman–Crippen LogP) is 0.0809. The van der Waals surface area contributed by atoms with Crippen molar-refractivity contribution < 1.29 is 29.3 Å². The summed E-state index contributed by atoms with van der Waals surface area (Å²) in [6.45, 7) is 4.96. The van der Waals surface area contributed by atoms with Crippen molar-refractivity contribution in [1.82, 2.24) is 0 Å². The molecule has 0 fully saturated rings. The van der Waals surface area contributed by atoms with Crippen LogP contribution in [0.1, 0.15) is 39.0 Å². The average Bonchev–Trinajstić information content (AvgIpc) is 2.52. The lowest BCUT2D eigenvalue weighted by Crippen LogP contribution is -2.55. The Morgan fingerprint density at radius 3 is 2.30 bits per heavy atom. The largest absolute Gasteiger partial charge is 0.550 e. The predicted molar refractivity (Wildman–Crippen MR) is 87.6 cm³/mol. The first-order valence-electron chi connectivity index (χ1n) is 8.59. The topological polar surface area (TPSA) is 89.8 Å². The maximum atomic E-state index is 10.7. The van der Waals surface area contributed by atoms with Gasteiger partial charge in [0.05, 0.1) is 26.4 Å². The van der Waals surface area contributed by atoms with Gasteiger partial charge >= 0.3 is 0 Å². The van der Waals surface area contributed by atoms with Gasteiger partial charge in [-0.25, -0.2) is 0 Å². The van der Waals surface area contributed by atoms with Gasteiger partial charge in [0, 0.05) is 19.0 Å². The van der Waals surface area contributed by atoms with Gasteiger partial charge in [0.2, 0.25) is 0 Å². The summed E-state index contributed by atoms with van der Waals surface area (Å²) in [5.74, 6) is -1.11. The van der Waals surface area contributed by atoms with Crippen LogP contribution in [0.5, 0.6) is 0 Å². The average molecular weight is 331 g/mol. The molecule has 0 aromatic rings. The number of quaternary nitrogens is 1. The Balaban J connectivity index is 4.07. The van der Waals surface area contributed by atoms with Crippen LogP contribution in [-0.2, 0) is 9.53 Å². The second-order valence-electron chi connectivity index (χ2n) is 5.79. The van der Waals surface area contributed by atoms with Crippen LogP contribution in [-0.4, -0.2) is 73.3 Å². The number of allylic oxidation sites excluding steroid dienone is 2. The number of carboxylic acid groups (broad SMARTS) is 1. The summed E-state index contributed by atoms with van der Waals surface area (Å²) in [6.07, 6.45) is 8.49. The number of nitrogens with zero attached hydrogens (tertiary/aromatic N) is 1. The van der Waals surface area contributed by atoms with E-state index in [1.807, 2.05) is 0 Å². The Kier molecular flexibility index (Phi) is 14.0. The van der Waals surface area contributed by atoms with Gasteiger partial charge in [-0.3, -0.25) is 0 Å². The maximum absolute atomic E-state index is 10.7. The molecule has 0 spiro atoms. The van der Waals surface area contributed by atoms with E-state index < -0.39 is 5.97 Å². The molecule has 0 unspecified atom stereocenters. The minimum Gasteiger partial charge on any atom is -0.550 e. The first-order chi connectivity index (χ1) is 11.1. The zero-order valence-electron chi connectivity index (χ0n) is 14.4. The minimum absolute atomic E-state index is 0.0448. The highest BCUT2D eigenvalue weighted by Gasteiger charge is 2.25. The molecule has 0 bridgehead atoms. The second-order valence-corrected chi connectivity index (χ2v) is 5.79. The maximum Gasteiger partial charge on any atom is 0.103 e. The fraction of sp³-hybridized carbons (Fsp3) is 0.824. The lowest BCUT2D eigenvalue weighted by atomic mass is 10.2. The van der Waals surface area contributed by atoms with Gasteiger partial charge < -0.3 is 29.3 Å². The van der Waals surface area contributed by atoms with Crippen molar-refractivity contribution in [3.05, 3.63) is 12.2 Å². The van der Waals surface area contributed by atoms with E-state index >= 15 is 0 Å². The number of unbranched alkanes of at least 4 members (excludes halogenated alkanes) is 2. The van der Waals surface area contributed by atoms with Gasteiger partial charge in [0.25, 0.3) is 0 Å². The number of aliphatic hydroxyl groups is 2. The van der Waals surface area contributed by atoms with E-state index in [4.69, 9.17) is 4.74 Å². The molecule has 0 aliphatic rings. The number of aliphatic hydroxyl groups excluding tert-OH is 2.